The van der Waals surface area contributed by atoms with Crippen molar-refractivity contribution in [1.82, 2.24) is 14.2 Å². The van der Waals surface area contributed by atoms with Crippen molar-refractivity contribution in [2.24, 2.45) is 5.10 Å². The van der Waals surface area contributed by atoms with E-state index >= 15 is 0 Å². The third-order valence-electron chi connectivity index (χ3n) is 3.32. The highest BCUT2D eigenvalue weighted by Crippen LogP contribution is 2.37. The Bertz CT molecular complexity index is 734. The Hall–Kier alpha value is -1.69. The number of rotatable bonds is 5. The largest absolute Gasteiger partial charge is 0.364 e. The van der Waals surface area contributed by atoms with Crippen molar-refractivity contribution >= 4 is 15.7 Å². The van der Waals surface area contributed by atoms with Crippen molar-refractivity contribution in [3.63, 3.8) is 0 Å². The number of hydrogen-bond donors (Lipinski definition) is 1. The van der Waals surface area contributed by atoms with Gasteiger partial charge >= 0.3 is 0 Å². The van der Waals surface area contributed by atoms with Crippen LogP contribution >= 0.6 is 0 Å². The highest BCUT2D eigenvalue weighted by molar-refractivity contribution is 7.89. The van der Waals surface area contributed by atoms with Gasteiger partial charge in [-0.2, -0.15) is 18.6 Å². The summed E-state index contributed by atoms with van der Waals surface area (Å²) in [5.74, 6) is 0. The summed E-state index contributed by atoms with van der Waals surface area (Å²) in [6.07, 6.45) is -7.10. The van der Waals surface area contributed by atoms with E-state index in [9.17, 15) is 31.1 Å². The average molecular weight is 358 g/mol. The van der Waals surface area contributed by atoms with Crippen molar-refractivity contribution in [3.05, 3.63) is 11.9 Å². The lowest BCUT2D eigenvalue weighted by atomic mass is 10.1. The number of aliphatic hydroxyl groups is 1. The summed E-state index contributed by atoms with van der Waals surface area (Å²) in [5.41, 5.74) is -4.51. The van der Waals surface area contributed by atoms with Crippen molar-refractivity contribution in [1.29, 1.82) is 0 Å². The molecule has 1 aliphatic heterocycles. The molecule has 1 N–H and O–H groups in total. The Labute approximate surface area is 129 Å². The Morgan fingerprint density at radius 3 is 2.43 bits per heavy atom. The van der Waals surface area contributed by atoms with Crippen LogP contribution in [0.25, 0.3) is 0 Å². The Morgan fingerprint density at radius 1 is 1.39 bits per heavy atom. The van der Waals surface area contributed by atoms with Gasteiger partial charge in [0.15, 0.2) is 0 Å². The minimum absolute atomic E-state index is 0.0239. The van der Waals surface area contributed by atoms with Crippen LogP contribution in [0.15, 0.2) is 16.2 Å². The molecule has 7 nitrogen and oxygen atoms in total. The first kappa shape index (κ1) is 17.7. The Morgan fingerprint density at radius 2 is 2.00 bits per heavy atom. The molecule has 2 heterocycles. The van der Waals surface area contributed by atoms with Crippen molar-refractivity contribution in [3.8, 4) is 0 Å². The van der Waals surface area contributed by atoms with Crippen LogP contribution in [0.3, 0.4) is 0 Å². The predicted octanol–water partition coefficient (Wildman–Crippen LogP) is 1.18. The lowest BCUT2D eigenvalue weighted by Gasteiger charge is -2.30. The van der Waals surface area contributed by atoms with Gasteiger partial charge in [-0.15, -0.1) is 4.41 Å². The van der Waals surface area contributed by atoms with E-state index in [4.69, 9.17) is 0 Å². The summed E-state index contributed by atoms with van der Waals surface area (Å²) in [5, 5.41) is 16.8. The molecule has 0 aliphatic carbocycles. The van der Waals surface area contributed by atoms with Crippen molar-refractivity contribution < 1.29 is 31.1 Å². The highest BCUT2D eigenvalue weighted by Gasteiger charge is 2.56. The number of halogens is 4. The van der Waals surface area contributed by atoms with Gasteiger partial charge in [0, 0.05) is 19.2 Å². The van der Waals surface area contributed by atoms with E-state index < -0.39 is 45.6 Å². The topological polar surface area (TPSA) is 87.8 Å². The van der Waals surface area contributed by atoms with E-state index in [2.05, 4.69) is 10.2 Å². The van der Waals surface area contributed by atoms with E-state index in [1.54, 1.807) is 6.92 Å². The average Bonchev–Trinajstić information content (AvgIpc) is 3.01. The first-order valence-corrected chi connectivity index (χ1v) is 7.93. The summed E-state index contributed by atoms with van der Waals surface area (Å²) in [6, 6.07) is 0. The standard InChI is InChI=1S/C11H14F4N4O3S/c1-3-18-5-8(6(2)16-18)23(21,22)19-11(20,10(14)15)4-7(17-19)9(12)13/h5,9-10,20H,3-4H2,1-2H3. The fraction of sp³-hybridized carbons (Fsp3) is 0.636. The van der Waals surface area contributed by atoms with E-state index in [0.29, 0.717) is 6.54 Å². The van der Waals surface area contributed by atoms with E-state index in [0.717, 1.165) is 6.20 Å². The SMILES string of the molecule is CCn1cc(S(=O)(=O)N2N=C(C(F)F)CC2(O)C(F)F)c(C)n1. The van der Waals surface area contributed by atoms with Crippen LogP contribution in [0, 0.1) is 6.92 Å². The number of aromatic nitrogens is 2. The normalized spacial score (nSPS) is 22.3. The molecule has 0 aromatic carbocycles. The number of alkyl halides is 4. The molecule has 0 saturated heterocycles. The molecule has 1 aromatic heterocycles. The van der Waals surface area contributed by atoms with Crippen LogP contribution in [-0.2, 0) is 16.6 Å². The van der Waals surface area contributed by atoms with Gasteiger partial charge in [-0.1, -0.05) is 0 Å². The molecular weight excluding hydrogens is 344 g/mol. The summed E-state index contributed by atoms with van der Waals surface area (Å²) in [7, 11) is -4.78. The van der Waals surface area contributed by atoms with Crippen LogP contribution < -0.4 is 0 Å². The van der Waals surface area contributed by atoms with Crippen LogP contribution in [-0.4, -0.2) is 52.0 Å². The Kier molecular flexibility index (Phi) is 4.41. The predicted molar refractivity (Wildman–Crippen MR) is 70.7 cm³/mol. The monoisotopic (exact) mass is 358 g/mol. The second-order valence-corrected chi connectivity index (χ2v) is 6.67. The van der Waals surface area contributed by atoms with Gasteiger partial charge in [-0.3, -0.25) is 4.68 Å². The maximum absolute atomic E-state index is 13.1. The second kappa shape index (κ2) is 5.74. The van der Waals surface area contributed by atoms with Crippen LogP contribution in [0.5, 0.6) is 0 Å². The number of sulfonamides is 1. The van der Waals surface area contributed by atoms with E-state index in [1.165, 1.54) is 11.6 Å². The van der Waals surface area contributed by atoms with Gasteiger partial charge in [-0.05, 0) is 13.8 Å². The molecular formula is C11H14F4N4O3S. The molecule has 0 spiro atoms. The summed E-state index contributed by atoms with van der Waals surface area (Å²) < 4.78 is 77.6. The molecule has 1 aliphatic rings. The number of nitrogens with zero attached hydrogens (tertiary/aromatic N) is 4. The maximum atomic E-state index is 13.1. The smallest absolute Gasteiger partial charge is 0.288 e. The number of hydrogen-bond acceptors (Lipinski definition) is 5. The molecule has 2 rings (SSSR count). The van der Waals surface area contributed by atoms with Crippen LogP contribution in [0.4, 0.5) is 17.6 Å². The second-order valence-electron chi connectivity index (χ2n) is 4.93. The van der Waals surface area contributed by atoms with Gasteiger partial charge in [0.05, 0.1) is 5.69 Å². The third-order valence-corrected chi connectivity index (χ3v) is 5.13. The van der Waals surface area contributed by atoms with E-state index in [-0.39, 0.29) is 10.1 Å². The quantitative estimate of drug-likeness (QED) is 0.801. The minimum Gasteiger partial charge on any atom is -0.364 e. The van der Waals surface area contributed by atoms with E-state index in [1.807, 2.05) is 0 Å². The number of hydrazone groups is 1. The third kappa shape index (κ3) is 2.80. The van der Waals surface area contributed by atoms with Gasteiger partial charge in [0.2, 0.25) is 5.72 Å². The summed E-state index contributed by atoms with van der Waals surface area (Å²) >= 11 is 0. The van der Waals surface area contributed by atoms with Crippen molar-refractivity contribution in [2.75, 3.05) is 0 Å². The Balaban J connectivity index is 2.57. The van der Waals surface area contributed by atoms with Gasteiger partial charge in [0.1, 0.15) is 10.6 Å². The van der Waals surface area contributed by atoms with Crippen molar-refractivity contribution in [2.45, 2.75) is 50.3 Å². The zero-order valence-electron chi connectivity index (χ0n) is 12.1. The summed E-state index contributed by atoms with van der Waals surface area (Å²) in [4.78, 5) is -0.488. The minimum atomic E-state index is -4.78. The molecule has 1 atom stereocenters. The van der Waals surface area contributed by atoms with Gasteiger partial charge < -0.3 is 5.11 Å². The highest BCUT2D eigenvalue weighted by atomic mass is 32.2. The molecule has 12 heteroatoms. The van der Waals surface area contributed by atoms with Gasteiger partial charge in [-0.25, -0.2) is 17.6 Å². The molecule has 0 radical (unpaired) electrons. The fourth-order valence-corrected chi connectivity index (χ4v) is 3.75. The number of aryl methyl sites for hydroxylation is 2. The van der Waals surface area contributed by atoms with Gasteiger partial charge in [0.25, 0.3) is 22.9 Å². The maximum Gasteiger partial charge on any atom is 0.288 e. The first-order chi connectivity index (χ1) is 10.5. The first-order valence-electron chi connectivity index (χ1n) is 6.49. The zero-order valence-corrected chi connectivity index (χ0v) is 12.9. The van der Waals surface area contributed by atoms with Crippen LogP contribution in [0.2, 0.25) is 0 Å². The molecule has 0 saturated carbocycles. The lowest BCUT2D eigenvalue weighted by molar-refractivity contribution is -0.150. The molecule has 1 aromatic rings. The fourth-order valence-electron chi connectivity index (χ4n) is 2.12. The molecule has 1 unspecified atom stereocenters. The molecule has 23 heavy (non-hydrogen) atoms. The van der Waals surface area contributed by atoms with Crippen LogP contribution in [0.1, 0.15) is 19.0 Å². The molecule has 130 valence electrons. The molecule has 0 amide bonds. The lowest BCUT2D eigenvalue weighted by Crippen LogP contribution is -2.51. The summed E-state index contributed by atoms with van der Waals surface area (Å²) in [6.45, 7) is 3.29. The zero-order chi connectivity index (χ0) is 17.6. The molecule has 0 fully saturated rings. The molecule has 0 bridgehead atoms.